The zero-order chi connectivity index (χ0) is 27.3. The zero-order valence-corrected chi connectivity index (χ0v) is 21.7. The van der Waals surface area contributed by atoms with Crippen LogP contribution in [0.1, 0.15) is 56.2 Å². The van der Waals surface area contributed by atoms with E-state index >= 15 is 0 Å². The SMILES string of the molecule is C.Cc1ccc(CC2CCN(CCCC(=O)N3CC[C@@H](Nc4ccc([N+](=O)[O-])c(C(F)(F)F)c4)C3)CC2)cc1. The fourth-order valence-electron chi connectivity index (χ4n) is 5.44. The second-order valence-electron chi connectivity index (χ2n) is 10.5. The Hall–Kier alpha value is -3.14. The molecular weight excluding hydrogens is 509 g/mol. The van der Waals surface area contributed by atoms with Crippen LogP contribution in [-0.2, 0) is 17.4 Å². The number of amides is 1. The lowest BCUT2D eigenvalue weighted by Gasteiger charge is -2.32. The van der Waals surface area contributed by atoms with Crippen molar-refractivity contribution in [3.8, 4) is 0 Å². The Balaban J connectivity index is 0.00000420. The third-order valence-electron chi connectivity index (χ3n) is 7.63. The molecule has 0 radical (unpaired) electrons. The molecule has 4 rings (SSSR count). The standard InChI is InChI=1S/C28H35F3N4O3.CH4/c1-20-4-6-21(7-5-20)17-22-10-14-33(15-11-22)13-2-3-27(36)34-16-12-24(19-34)32-23-8-9-26(35(37)38)25(18-23)28(29,30)31;/h4-9,18,22,24,32H,2-3,10-17,19H2,1H3;1H4/t24-;/m1./s1. The van der Waals surface area contributed by atoms with E-state index in [0.717, 1.165) is 44.6 Å². The van der Waals surface area contributed by atoms with E-state index in [2.05, 4.69) is 41.4 Å². The van der Waals surface area contributed by atoms with E-state index in [1.807, 2.05) is 0 Å². The fourth-order valence-corrected chi connectivity index (χ4v) is 5.44. The number of aryl methyl sites for hydroxylation is 1. The third kappa shape index (κ3) is 8.42. The first-order valence-corrected chi connectivity index (χ1v) is 13.3. The molecule has 0 spiro atoms. The van der Waals surface area contributed by atoms with Crippen LogP contribution in [0.2, 0.25) is 0 Å². The summed E-state index contributed by atoms with van der Waals surface area (Å²) in [5.74, 6) is 0.760. The molecule has 0 bridgehead atoms. The number of benzene rings is 2. The summed E-state index contributed by atoms with van der Waals surface area (Å²) in [6.07, 6.45) is 0.472. The zero-order valence-electron chi connectivity index (χ0n) is 21.7. The molecule has 1 amide bonds. The number of hydrogen-bond donors (Lipinski definition) is 1. The lowest BCUT2D eigenvalue weighted by molar-refractivity contribution is -0.388. The Morgan fingerprint density at radius 1 is 1.08 bits per heavy atom. The number of nitro groups is 1. The maximum absolute atomic E-state index is 13.3. The lowest BCUT2D eigenvalue weighted by Crippen LogP contribution is -2.36. The number of carbonyl (C=O) groups excluding carboxylic acids is 1. The van der Waals surface area contributed by atoms with Crippen molar-refractivity contribution >= 4 is 17.3 Å². The predicted molar refractivity (Wildman–Crippen MR) is 147 cm³/mol. The molecule has 2 aliphatic rings. The molecule has 1 N–H and O–H groups in total. The number of likely N-dealkylation sites (tertiary alicyclic amines) is 2. The smallest absolute Gasteiger partial charge is 0.380 e. The number of nitrogens with one attached hydrogen (secondary N) is 1. The summed E-state index contributed by atoms with van der Waals surface area (Å²) in [5.41, 5.74) is 0.586. The highest BCUT2D eigenvalue weighted by molar-refractivity contribution is 5.76. The van der Waals surface area contributed by atoms with Gasteiger partial charge in [0.05, 0.1) is 4.92 Å². The van der Waals surface area contributed by atoms with Gasteiger partial charge in [-0.15, -0.1) is 0 Å². The molecule has 2 saturated heterocycles. The van der Waals surface area contributed by atoms with Gasteiger partial charge >= 0.3 is 6.18 Å². The average molecular weight is 549 g/mol. The van der Waals surface area contributed by atoms with Crippen molar-refractivity contribution < 1.29 is 22.9 Å². The van der Waals surface area contributed by atoms with Gasteiger partial charge in [0.25, 0.3) is 5.69 Å². The molecule has 0 aromatic heterocycles. The van der Waals surface area contributed by atoms with E-state index in [9.17, 15) is 28.1 Å². The van der Waals surface area contributed by atoms with Gasteiger partial charge in [-0.05, 0) is 82.3 Å². The summed E-state index contributed by atoms with van der Waals surface area (Å²) in [6.45, 7) is 6.04. The Kier molecular flexibility index (Phi) is 10.4. The number of piperidine rings is 1. The summed E-state index contributed by atoms with van der Waals surface area (Å²) in [7, 11) is 0. The molecule has 2 fully saturated rings. The molecule has 1 atom stereocenters. The summed E-state index contributed by atoms with van der Waals surface area (Å²) in [6, 6.07) is 11.5. The first kappa shape index (κ1) is 30.4. The van der Waals surface area contributed by atoms with Crippen molar-refractivity contribution in [2.24, 2.45) is 5.92 Å². The summed E-state index contributed by atoms with van der Waals surface area (Å²) < 4.78 is 39.8. The number of halogens is 3. The Morgan fingerprint density at radius 3 is 2.41 bits per heavy atom. The largest absolute Gasteiger partial charge is 0.423 e. The van der Waals surface area contributed by atoms with Gasteiger partial charge in [0.15, 0.2) is 0 Å². The minimum atomic E-state index is -4.83. The van der Waals surface area contributed by atoms with Gasteiger partial charge in [-0.3, -0.25) is 14.9 Å². The highest BCUT2D eigenvalue weighted by Crippen LogP contribution is 2.38. The van der Waals surface area contributed by atoms with Crippen LogP contribution in [0.15, 0.2) is 42.5 Å². The van der Waals surface area contributed by atoms with Crippen LogP contribution in [-0.4, -0.2) is 59.4 Å². The van der Waals surface area contributed by atoms with Crippen LogP contribution < -0.4 is 5.32 Å². The van der Waals surface area contributed by atoms with Crippen LogP contribution in [0.5, 0.6) is 0 Å². The molecule has 10 heteroatoms. The van der Waals surface area contributed by atoms with Crippen molar-refractivity contribution in [2.45, 2.75) is 65.1 Å². The maximum atomic E-state index is 13.3. The van der Waals surface area contributed by atoms with Crippen molar-refractivity contribution in [1.82, 2.24) is 9.80 Å². The molecule has 7 nitrogen and oxygen atoms in total. The van der Waals surface area contributed by atoms with Gasteiger partial charge in [-0.2, -0.15) is 13.2 Å². The van der Waals surface area contributed by atoms with Gasteiger partial charge in [-0.25, -0.2) is 0 Å². The highest BCUT2D eigenvalue weighted by Gasteiger charge is 2.38. The molecule has 2 aliphatic heterocycles. The lowest BCUT2D eigenvalue weighted by atomic mass is 9.90. The number of anilines is 1. The minimum Gasteiger partial charge on any atom is -0.380 e. The normalized spacial score (nSPS) is 18.6. The van der Waals surface area contributed by atoms with Gasteiger partial charge in [0.1, 0.15) is 5.56 Å². The topological polar surface area (TPSA) is 78.7 Å². The van der Waals surface area contributed by atoms with Crippen LogP contribution in [0, 0.1) is 23.0 Å². The Bertz CT molecular complexity index is 1120. The van der Waals surface area contributed by atoms with Gasteiger partial charge in [0.2, 0.25) is 5.91 Å². The highest BCUT2D eigenvalue weighted by atomic mass is 19.4. The van der Waals surface area contributed by atoms with Gasteiger partial charge in [0, 0.05) is 37.3 Å². The van der Waals surface area contributed by atoms with Crippen LogP contribution >= 0.6 is 0 Å². The Labute approximate surface area is 228 Å². The van der Waals surface area contributed by atoms with Gasteiger partial charge in [-0.1, -0.05) is 37.3 Å². The van der Waals surface area contributed by atoms with Crippen LogP contribution in [0.4, 0.5) is 24.5 Å². The van der Waals surface area contributed by atoms with E-state index in [0.29, 0.717) is 31.8 Å². The second-order valence-corrected chi connectivity index (χ2v) is 10.5. The number of alkyl halides is 3. The molecule has 2 aromatic rings. The first-order valence-electron chi connectivity index (χ1n) is 13.3. The molecule has 0 saturated carbocycles. The number of nitrogens with zero attached hydrogens (tertiary/aromatic N) is 3. The van der Waals surface area contributed by atoms with E-state index < -0.39 is 22.4 Å². The number of rotatable bonds is 9. The van der Waals surface area contributed by atoms with Crippen molar-refractivity contribution in [1.29, 1.82) is 0 Å². The van der Waals surface area contributed by atoms with Crippen molar-refractivity contribution in [3.05, 3.63) is 69.3 Å². The van der Waals surface area contributed by atoms with Crippen LogP contribution in [0.25, 0.3) is 0 Å². The molecule has 39 heavy (non-hydrogen) atoms. The Morgan fingerprint density at radius 2 is 1.77 bits per heavy atom. The van der Waals surface area contributed by atoms with E-state index in [1.54, 1.807) is 4.90 Å². The molecular formula is C29H39F3N4O3. The summed E-state index contributed by atoms with van der Waals surface area (Å²) in [5, 5.41) is 14.0. The van der Waals surface area contributed by atoms with E-state index in [1.165, 1.54) is 30.0 Å². The minimum absolute atomic E-state index is 0. The van der Waals surface area contributed by atoms with Crippen molar-refractivity contribution in [2.75, 3.05) is 38.0 Å². The summed E-state index contributed by atoms with van der Waals surface area (Å²) >= 11 is 0. The fraction of sp³-hybridized carbons (Fsp3) is 0.552. The maximum Gasteiger partial charge on any atom is 0.423 e. The second kappa shape index (κ2) is 13.3. The molecule has 214 valence electrons. The van der Waals surface area contributed by atoms with Crippen LogP contribution in [0.3, 0.4) is 0 Å². The van der Waals surface area contributed by atoms with E-state index in [4.69, 9.17) is 0 Å². The number of hydrogen-bond acceptors (Lipinski definition) is 5. The monoisotopic (exact) mass is 548 g/mol. The first-order chi connectivity index (χ1) is 18.1. The quantitative estimate of drug-likeness (QED) is 0.294. The predicted octanol–water partition coefficient (Wildman–Crippen LogP) is 6.31. The van der Waals surface area contributed by atoms with Crippen molar-refractivity contribution in [3.63, 3.8) is 0 Å². The molecule has 2 heterocycles. The molecule has 2 aromatic carbocycles. The number of nitro benzene ring substituents is 1. The van der Waals surface area contributed by atoms with Gasteiger partial charge < -0.3 is 15.1 Å². The third-order valence-corrected chi connectivity index (χ3v) is 7.63. The average Bonchev–Trinajstić information content (AvgIpc) is 3.34. The number of carbonyl (C=O) groups is 1. The molecule has 0 aliphatic carbocycles. The summed E-state index contributed by atoms with van der Waals surface area (Å²) in [4.78, 5) is 26.8. The van der Waals surface area contributed by atoms with E-state index in [-0.39, 0.29) is 25.1 Å². The molecule has 0 unspecified atom stereocenters.